The van der Waals surface area contributed by atoms with Crippen LogP contribution in [0.1, 0.15) is 21.0 Å². The van der Waals surface area contributed by atoms with Crippen LogP contribution >= 0.6 is 0 Å². The second-order valence-electron chi connectivity index (χ2n) is 4.43. The average molecular weight is 281 g/mol. The smallest absolute Gasteiger partial charge is 0.271 e. The van der Waals surface area contributed by atoms with E-state index in [1.165, 1.54) is 4.68 Å². The zero-order valence-corrected chi connectivity index (χ0v) is 10.9. The first-order chi connectivity index (χ1) is 10.1. The van der Waals surface area contributed by atoms with Crippen LogP contribution in [0.25, 0.3) is 16.5 Å². The minimum absolute atomic E-state index is 0.126. The van der Waals surface area contributed by atoms with E-state index in [-0.39, 0.29) is 11.4 Å². The number of carbonyl (C=O) groups excluding carboxylic acids is 2. The highest BCUT2D eigenvalue weighted by molar-refractivity contribution is 6.04. The average Bonchev–Trinajstić information content (AvgIpc) is 2.91. The van der Waals surface area contributed by atoms with Crippen LogP contribution < -0.4 is 11.5 Å². The highest BCUT2D eigenvalue weighted by atomic mass is 16.2. The van der Waals surface area contributed by atoms with Gasteiger partial charge in [-0.3, -0.25) is 9.59 Å². The van der Waals surface area contributed by atoms with Crippen molar-refractivity contribution in [1.29, 1.82) is 0 Å². The van der Waals surface area contributed by atoms with Crippen LogP contribution in [0.3, 0.4) is 0 Å². The molecule has 3 aromatic rings. The van der Waals surface area contributed by atoms with Crippen molar-refractivity contribution in [2.75, 3.05) is 0 Å². The number of nitrogens with two attached hydrogens (primary N) is 2. The van der Waals surface area contributed by atoms with E-state index in [1.54, 1.807) is 6.07 Å². The molecule has 0 radical (unpaired) electrons. The molecule has 0 saturated heterocycles. The van der Waals surface area contributed by atoms with Gasteiger partial charge in [0.15, 0.2) is 11.4 Å². The summed E-state index contributed by atoms with van der Waals surface area (Å²) in [5, 5.41) is 9.31. The first kappa shape index (κ1) is 12.8. The molecular formula is C14H11N5O2. The third-order valence-electron chi connectivity index (χ3n) is 3.13. The summed E-state index contributed by atoms with van der Waals surface area (Å²) in [5.41, 5.74) is 10.8. The van der Waals surface area contributed by atoms with Crippen LogP contribution in [0, 0.1) is 0 Å². The lowest BCUT2D eigenvalue weighted by atomic mass is 10.1. The minimum Gasteiger partial charge on any atom is -0.364 e. The van der Waals surface area contributed by atoms with Gasteiger partial charge >= 0.3 is 0 Å². The maximum Gasteiger partial charge on any atom is 0.271 e. The Labute approximate surface area is 119 Å². The summed E-state index contributed by atoms with van der Waals surface area (Å²) in [6.07, 6.45) is 0. The third kappa shape index (κ3) is 2.00. The number of nitrogens with zero attached hydrogens (tertiary/aromatic N) is 3. The molecule has 3 rings (SSSR count). The van der Waals surface area contributed by atoms with E-state index in [4.69, 9.17) is 11.5 Å². The van der Waals surface area contributed by atoms with Gasteiger partial charge < -0.3 is 11.5 Å². The molecule has 0 spiro atoms. The fourth-order valence-corrected chi connectivity index (χ4v) is 2.23. The molecule has 104 valence electrons. The largest absolute Gasteiger partial charge is 0.364 e. The van der Waals surface area contributed by atoms with Crippen molar-refractivity contribution in [1.82, 2.24) is 15.0 Å². The standard InChI is InChI=1S/C14H11N5O2/c15-13(20)11-12(14(16)21)19(18-17-11)10-7-3-5-8-4-1-2-6-9(8)10/h1-7H,(H2,15,20)(H2,16,21). The van der Waals surface area contributed by atoms with E-state index < -0.39 is 11.8 Å². The van der Waals surface area contributed by atoms with Crippen LogP contribution in [0.4, 0.5) is 0 Å². The van der Waals surface area contributed by atoms with Gasteiger partial charge in [0.2, 0.25) is 0 Å². The number of amides is 2. The molecule has 0 atom stereocenters. The Morgan fingerprint density at radius 3 is 2.38 bits per heavy atom. The summed E-state index contributed by atoms with van der Waals surface area (Å²) in [6.45, 7) is 0. The van der Waals surface area contributed by atoms with Gasteiger partial charge in [0.25, 0.3) is 11.8 Å². The molecule has 21 heavy (non-hydrogen) atoms. The lowest BCUT2D eigenvalue weighted by Gasteiger charge is -2.08. The first-order valence-electron chi connectivity index (χ1n) is 6.13. The molecule has 0 fully saturated rings. The first-order valence-corrected chi connectivity index (χ1v) is 6.13. The number of hydrogen-bond donors (Lipinski definition) is 2. The molecule has 4 N–H and O–H groups in total. The molecule has 0 bridgehead atoms. The van der Waals surface area contributed by atoms with Gasteiger partial charge in [0.05, 0.1) is 5.69 Å². The number of aromatic nitrogens is 3. The van der Waals surface area contributed by atoms with Crippen LogP contribution in [0.15, 0.2) is 42.5 Å². The van der Waals surface area contributed by atoms with Gasteiger partial charge in [-0.25, -0.2) is 4.68 Å². The number of fused-ring (bicyclic) bond motifs is 1. The van der Waals surface area contributed by atoms with Crippen LogP contribution in [0.5, 0.6) is 0 Å². The summed E-state index contributed by atoms with van der Waals surface area (Å²) < 4.78 is 1.24. The van der Waals surface area contributed by atoms with E-state index in [0.717, 1.165) is 10.8 Å². The molecule has 1 aromatic heterocycles. The van der Waals surface area contributed by atoms with Gasteiger partial charge in [-0.1, -0.05) is 41.6 Å². The Kier molecular flexibility index (Phi) is 2.87. The number of benzene rings is 2. The van der Waals surface area contributed by atoms with Crippen LogP contribution in [-0.4, -0.2) is 26.8 Å². The molecule has 2 amide bonds. The predicted octanol–water partition coefficient (Wildman–Crippen LogP) is 0.618. The molecule has 0 aliphatic carbocycles. The minimum atomic E-state index is -0.852. The zero-order chi connectivity index (χ0) is 15.0. The van der Waals surface area contributed by atoms with E-state index in [0.29, 0.717) is 5.69 Å². The van der Waals surface area contributed by atoms with Crippen molar-refractivity contribution >= 4 is 22.6 Å². The van der Waals surface area contributed by atoms with E-state index in [1.807, 2.05) is 36.4 Å². The second-order valence-corrected chi connectivity index (χ2v) is 4.43. The molecule has 0 aliphatic rings. The van der Waals surface area contributed by atoms with E-state index in [2.05, 4.69) is 10.3 Å². The number of rotatable bonds is 3. The van der Waals surface area contributed by atoms with Gasteiger partial charge in [-0.2, -0.15) is 0 Å². The summed E-state index contributed by atoms with van der Waals surface area (Å²) in [7, 11) is 0. The maximum atomic E-state index is 11.6. The van der Waals surface area contributed by atoms with E-state index >= 15 is 0 Å². The highest BCUT2D eigenvalue weighted by Crippen LogP contribution is 2.23. The fraction of sp³-hybridized carbons (Fsp3) is 0. The summed E-state index contributed by atoms with van der Waals surface area (Å²) >= 11 is 0. The summed E-state index contributed by atoms with van der Waals surface area (Å²) in [6, 6.07) is 13.1. The molecule has 0 aliphatic heterocycles. The molecule has 7 heteroatoms. The third-order valence-corrected chi connectivity index (χ3v) is 3.13. The Morgan fingerprint density at radius 2 is 1.67 bits per heavy atom. The molecule has 2 aromatic carbocycles. The van der Waals surface area contributed by atoms with Crippen molar-refractivity contribution in [2.24, 2.45) is 11.5 Å². The highest BCUT2D eigenvalue weighted by Gasteiger charge is 2.23. The van der Waals surface area contributed by atoms with Crippen molar-refractivity contribution in [3.63, 3.8) is 0 Å². The van der Waals surface area contributed by atoms with Crippen molar-refractivity contribution in [3.8, 4) is 5.69 Å². The predicted molar refractivity (Wildman–Crippen MR) is 75.9 cm³/mol. The maximum absolute atomic E-state index is 11.6. The molecular weight excluding hydrogens is 270 g/mol. The topological polar surface area (TPSA) is 117 Å². The van der Waals surface area contributed by atoms with E-state index in [9.17, 15) is 9.59 Å². The lowest BCUT2D eigenvalue weighted by Crippen LogP contribution is -2.23. The van der Waals surface area contributed by atoms with Gasteiger partial charge in [0.1, 0.15) is 0 Å². The summed E-state index contributed by atoms with van der Waals surface area (Å²) in [4.78, 5) is 23.0. The zero-order valence-electron chi connectivity index (χ0n) is 10.9. The van der Waals surface area contributed by atoms with Crippen molar-refractivity contribution in [3.05, 3.63) is 53.9 Å². The Morgan fingerprint density at radius 1 is 0.952 bits per heavy atom. The van der Waals surface area contributed by atoms with Gasteiger partial charge in [-0.15, -0.1) is 5.10 Å². The molecule has 0 unspecified atom stereocenters. The second kappa shape index (κ2) is 4.71. The Hall–Kier alpha value is -3.22. The molecule has 1 heterocycles. The number of carbonyl (C=O) groups is 2. The quantitative estimate of drug-likeness (QED) is 0.731. The fourth-order valence-electron chi connectivity index (χ4n) is 2.23. The molecule has 7 nitrogen and oxygen atoms in total. The van der Waals surface area contributed by atoms with Gasteiger partial charge in [-0.05, 0) is 11.5 Å². The monoisotopic (exact) mass is 281 g/mol. The van der Waals surface area contributed by atoms with Crippen molar-refractivity contribution in [2.45, 2.75) is 0 Å². The lowest BCUT2D eigenvalue weighted by molar-refractivity contribution is 0.0960. The molecule has 0 saturated carbocycles. The number of hydrogen-bond acceptors (Lipinski definition) is 4. The van der Waals surface area contributed by atoms with Crippen LogP contribution in [-0.2, 0) is 0 Å². The van der Waals surface area contributed by atoms with Crippen molar-refractivity contribution < 1.29 is 9.59 Å². The van der Waals surface area contributed by atoms with Crippen LogP contribution in [0.2, 0.25) is 0 Å². The Balaban J connectivity index is 2.34. The number of primary amides is 2. The Bertz CT molecular complexity index is 863. The SMILES string of the molecule is NC(=O)c1nnn(-c2cccc3ccccc23)c1C(N)=O. The van der Waals surface area contributed by atoms with Gasteiger partial charge in [0, 0.05) is 5.39 Å². The summed E-state index contributed by atoms with van der Waals surface area (Å²) in [5.74, 6) is -1.67. The normalized spacial score (nSPS) is 10.7.